The first-order valence-electron chi connectivity index (χ1n) is 10.8. The Morgan fingerprint density at radius 3 is 2.24 bits per heavy atom. The van der Waals surface area contributed by atoms with Gasteiger partial charge in [0.15, 0.2) is 0 Å². The van der Waals surface area contributed by atoms with E-state index in [1.165, 1.54) is 17.1 Å². The van der Waals surface area contributed by atoms with E-state index in [2.05, 4.69) is 4.98 Å². The van der Waals surface area contributed by atoms with E-state index in [1.807, 2.05) is 0 Å². The molecular formula is C24H24ClF6N3O3. The topological polar surface area (TPSA) is 90.4 Å². The minimum atomic E-state index is -4.94. The van der Waals surface area contributed by atoms with Gasteiger partial charge in [0, 0.05) is 12.7 Å². The van der Waals surface area contributed by atoms with Crippen LogP contribution in [0, 0.1) is 0 Å². The maximum absolute atomic E-state index is 13.1. The van der Waals surface area contributed by atoms with Crippen LogP contribution < -0.4 is 10.5 Å². The molecule has 37 heavy (non-hydrogen) atoms. The number of halogens is 7. The van der Waals surface area contributed by atoms with Crippen LogP contribution in [0.5, 0.6) is 5.75 Å². The number of aromatic nitrogens is 2. The van der Waals surface area contributed by atoms with E-state index in [9.17, 15) is 36.2 Å². The standard InChI is InChI=1S/C24H23F6N3O3.ClH/c25-23(26,27)17-8-15(9-18(10-17)24(28,29)30)13-36-21-7-2-1-4-16(21)5-3-6-19(34)11-33-12-20(22(31)35)32-14-33;/h1-2,4,7-10,12,14,19,34H,3,5-6,11,13H2,(H2,31,35);1H/t19-;/m0./s1. The summed E-state index contributed by atoms with van der Waals surface area (Å²) in [6.45, 7) is -0.301. The molecule has 3 N–H and O–H groups in total. The SMILES string of the molecule is Cl.NC(=O)c1cn(C[C@@H](O)CCCc2ccccc2OCc2cc(C(F)(F)F)cc(C(F)(F)F)c2)cn1. The zero-order chi connectivity index (χ0) is 26.5. The van der Waals surface area contributed by atoms with E-state index < -0.39 is 42.1 Å². The molecule has 0 aliphatic heterocycles. The number of imidazole rings is 1. The number of amides is 1. The van der Waals surface area contributed by atoms with Gasteiger partial charge in [0.1, 0.15) is 18.1 Å². The Bertz CT molecular complexity index is 1160. The lowest BCUT2D eigenvalue weighted by Gasteiger charge is -2.16. The number of aliphatic hydroxyl groups is 1. The number of nitrogens with zero attached hydrogens (tertiary/aromatic N) is 2. The fourth-order valence-electron chi connectivity index (χ4n) is 3.56. The summed E-state index contributed by atoms with van der Waals surface area (Å²) >= 11 is 0. The number of para-hydroxylation sites is 1. The summed E-state index contributed by atoms with van der Waals surface area (Å²) in [5, 5.41) is 10.3. The Morgan fingerprint density at radius 1 is 1.05 bits per heavy atom. The van der Waals surface area contributed by atoms with E-state index in [1.54, 1.807) is 24.3 Å². The summed E-state index contributed by atoms with van der Waals surface area (Å²) in [6, 6.07) is 7.99. The summed E-state index contributed by atoms with van der Waals surface area (Å²) < 4.78 is 85.6. The lowest BCUT2D eigenvalue weighted by Crippen LogP contribution is -2.15. The monoisotopic (exact) mass is 551 g/mol. The van der Waals surface area contributed by atoms with Crippen LogP contribution in [0.3, 0.4) is 0 Å². The number of alkyl halides is 6. The van der Waals surface area contributed by atoms with Gasteiger partial charge < -0.3 is 20.1 Å². The summed E-state index contributed by atoms with van der Waals surface area (Å²) in [4.78, 5) is 14.9. The molecule has 1 aromatic heterocycles. The number of carbonyl (C=O) groups is 1. The van der Waals surface area contributed by atoms with Gasteiger partial charge in [0.25, 0.3) is 5.91 Å². The Balaban J connectivity index is 0.00000481. The first-order chi connectivity index (χ1) is 16.8. The largest absolute Gasteiger partial charge is 0.489 e. The number of ether oxygens (including phenoxy) is 1. The van der Waals surface area contributed by atoms with Crippen molar-refractivity contribution in [2.75, 3.05) is 0 Å². The minimum Gasteiger partial charge on any atom is -0.489 e. The Morgan fingerprint density at radius 2 is 1.68 bits per heavy atom. The molecule has 0 spiro atoms. The molecule has 1 heterocycles. The molecule has 2 aromatic carbocycles. The Hall–Kier alpha value is -3.25. The van der Waals surface area contributed by atoms with Gasteiger partial charge >= 0.3 is 12.4 Å². The molecule has 202 valence electrons. The quantitative estimate of drug-likeness (QED) is 0.330. The average Bonchev–Trinajstić information content (AvgIpc) is 3.26. The second-order valence-electron chi connectivity index (χ2n) is 8.18. The highest BCUT2D eigenvalue weighted by Gasteiger charge is 2.36. The fraction of sp³-hybridized carbons (Fsp3) is 0.333. The van der Waals surface area contributed by atoms with Gasteiger partial charge in [-0.25, -0.2) is 4.98 Å². The van der Waals surface area contributed by atoms with Gasteiger partial charge in [-0.1, -0.05) is 18.2 Å². The number of nitrogens with two attached hydrogens (primary N) is 1. The lowest BCUT2D eigenvalue weighted by atomic mass is 10.0. The molecule has 13 heteroatoms. The Labute approximate surface area is 214 Å². The molecule has 0 bridgehead atoms. The molecule has 0 saturated heterocycles. The predicted octanol–water partition coefficient (Wildman–Crippen LogP) is 5.40. The molecule has 1 amide bonds. The van der Waals surface area contributed by atoms with Gasteiger partial charge in [-0.2, -0.15) is 26.3 Å². The van der Waals surface area contributed by atoms with Crippen LogP contribution in [-0.4, -0.2) is 26.7 Å². The maximum atomic E-state index is 13.1. The van der Waals surface area contributed by atoms with Crippen molar-refractivity contribution in [1.82, 2.24) is 9.55 Å². The number of carbonyl (C=O) groups excluding carboxylic acids is 1. The highest BCUT2D eigenvalue weighted by molar-refractivity contribution is 5.90. The van der Waals surface area contributed by atoms with E-state index in [0.717, 1.165) is 0 Å². The van der Waals surface area contributed by atoms with E-state index in [-0.39, 0.29) is 36.3 Å². The van der Waals surface area contributed by atoms with Crippen molar-refractivity contribution in [2.45, 2.75) is 50.9 Å². The average molecular weight is 552 g/mol. The molecule has 0 aliphatic carbocycles. The van der Waals surface area contributed by atoms with Crippen LogP contribution in [0.25, 0.3) is 0 Å². The number of aryl methyl sites for hydroxylation is 1. The van der Waals surface area contributed by atoms with Gasteiger partial charge in [-0.05, 0) is 54.7 Å². The summed E-state index contributed by atoms with van der Waals surface area (Å²) in [6.07, 6.45) is -6.49. The first kappa shape index (κ1) is 30.0. The van der Waals surface area contributed by atoms with E-state index >= 15 is 0 Å². The van der Waals surface area contributed by atoms with E-state index in [4.69, 9.17) is 10.5 Å². The number of benzene rings is 2. The third-order valence-electron chi connectivity index (χ3n) is 5.31. The van der Waals surface area contributed by atoms with Crippen molar-refractivity contribution >= 4 is 18.3 Å². The summed E-state index contributed by atoms with van der Waals surface area (Å²) in [7, 11) is 0. The van der Waals surface area contributed by atoms with Crippen molar-refractivity contribution in [2.24, 2.45) is 5.73 Å². The highest BCUT2D eigenvalue weighted by Crippen LogP contribution is 2.36. The van der Waals surface area contributed by atoms with Crippen LogP contribution in [0.15, 0.2) is 55.0 Å². The van der Waals surface area contributed by atoms with Crippen molar-refractivity contribution in [3.63, 3.8) is 0 Å². The molecule has 6 nitrogen and oxygen atoms in total. The molecule has 0 aliphatic rings. The number of hydrogen-bond donors (Lipinski definition) is 2. The molecule has 3 rings (SSSR count). The summed E-state index contributed by atoms with van der Waals surface area (Å²) in [5.41, 5.74) is 2.84. The smallest absolute Gasteiger partial charge is 0.416 e. The highest BCUT2D eigenvalue weighted by atomic mass is 35.5. The second-order valence-corrected chi connectivity index (χ2v) is 8.18. The number of hydrogen-bond acceptors (Lipinski definition) is 4. The number of aliphatic hydroxyl groups excluding tert-OH is 1. The molecule has 0 radical (unpaired) electrons. The van der Waals surface area contributed by atoms with Crippen molar-refractivity contribution in [1.29, 1.82) is 0 Å². The van der Waals surface area contributed by atoms with Crippen molar-refractivity contribution in [3.8, 4) is 5.75 Å². The molecule has 3 aromatic rings. The van der Waals surface area contributed by atoms with Gasteiger partial charge in [0.2, 0.25) is 0 Å². The van der Waals surface area contributed by atoms with Crippen LogP contribution in [0.4, 0.5) is 26.3 Å². The molecule has 0 fully saturated rings. The molecule has 0 saturated carbocycles. The third kappa shape index (κ3) is 8.67. The fourth-order valence-corrected chi connectivity index (χ4v) is 3.56. The number of rotatable bonds is 10. The zero-order valence-corrected chi connectivity index (χ0v) is 20.0. The summed E-state index contributed by atoms with van der Waals surface area (Å²) in [5.74, 6) is -0.363. The maximum Gasteiger partial charge on any atom is 0.416 e. The lowest BCUT2D eigenvalue weighted by molar-refractivity contribution is -0.143. The van der Waals surface area contributed by atoms with E-state index in [0.29, 0.717) is 42.7 Å². The van der Waals surface area contributed by atoms with Crippen LogP contribution in [0.1, 0.15) is 45.6 Å². The van der Waals surface area contributed by atoms with Crippen molar-refractivity contribution < 1.29 is 41.0 Å². The normalized spacial score (nSPS) is 12.6. The first-order valence-corrected chi connectivity index (χ1v) is 10.8. The predicted molar refractivity (Wildman–Crippen MR) is 124 cm³/mol. The van der Waals surface area contributed by atoms with Crippen LogP contribution in [-0.2, 0) is 31.9 Å². The van der Waals surface area contributed by atoms with Gasteiger partial charge in [-0.3, -0.25) is 4.79 Å². The van der Waals surface area contributed by atoms with Crippen LogP contribution in [0.2, 0.25) is 0 Å². The van der Waals surface area contributed by atoms with Gasteiger partial charge in [0.05, 0.1) is 23.6 Å². The zero-order valence-electron chi connectivity index (χ0n) is 19.2. The molecule has 1 atom stereocenters. The third-order valence-corrected chi connectivity index (χ3v) is 5.31. The molecule has 0 unspecified atom stereocenters. The Kier molecular flexibility index (Phi) is 9.99. The number of primary amides is 1. The van der Waals surface area contributed by atoms with Crippen LogP contribution >= 0.6 is 12.4 Å². The molecular weight excluding hydrogens is 528 g/mol. The van der Waals surface area contributed by atoms with Crippen molar-refractivity contribution in [3.05, 3.63) is 82.9 Å². The minimum absolute atomic E-state index is 0. The van der Waals surface area contributed by atoms with Gasteiger partial charge in [-0.15, -0.1) is 12.4 Å². The second kappa shape index (κ2) is 12.3.